The number of anilines is 1. The van der Waals surface area contributed by atoms with Crippen LogP contribution < -0.4 is 5.73 Å². The molecule has 1 fully saturated rings. The summed E-state index contributed by atoms with van der Waals surface area (Å²) in [4.78, 5) is 0.476. The summed E-state index contributed by atoms with van der Waals surface area (Å²) in [7, 11) is -1.19. The summed E-state index contributed by atoms with van der Waals surface area (Å²) < 4.78 is 30.5. The molecule has 1 atom stereocenters. The Morgan fingerprint density at radius 1 is 1.31 bits per heavy atom. The first-order chi connectivity index (χ1) is 7.66. The quantitative estimate of drug-likeness (QED) is 0.804. The van der Waals surface area contributed by atoms with Gasteiger partial charge in [0.2, 0.25) is 0 Å². The normalized spacial score (nSPS) is 19.6. The number of rotatable bonds is 2. The molecule has 0 amide bonds. The van der Waals surface area contributed by atoms with Gasteiger partial charge in [0.1, 0.15) is 5.82 Å². The van der Waals surface area contributed by atoms with E-state index in [1.807, 2.05) is 0 Å². The minimum Gasteiger partial charge on any atom is -0.399 e. The number of ether oxygens (including phenoxy) is 1. The summed E-state index contributed by atoms with van der Waals surface area (Å²) in [5, 5.41) is 0.0509. The van der Waals surface area contributed by atoms with Crippen molar-refractivity contribution in [3.05, 3.63) is 24.0 Å². The Morgan fingerprint density at radius 3 is 2.62 bits per heavy atom. The van der Waals surface area contributed by atoms with Crippen LogP contribution in [0.25, 0.3) is 0 Å². The molecule has 0 aromatic heterocycles. The molecular weight excluding hydrogens is 229 g/mol. The maximum atomic E-state index is 13.1. The Balaban J connectivity index is 2.19. The maximum absolute atomic E-state index is 13.1. The van der Waals surface area contributed by atoms with Gasteiger partial charge in [-0.1, -0.05) is 0 Å². The van der Waals surface area contributed by atoms with Crippen LogP contribution >= 0.6 is 0 Å². The molecule has 16 heavy (non-hydrogen) atoms. The molecule has 1 aromatic carbocycles. The molecule has 2 rings (SSSR count). The van der Waals surface area contributed by atoms with Gasteiger partial charge in [-0.15, -0.1) is 0 Å². The molecule has 1 aliphatic heterocycles. The van der Waals surface area contributed by atoms with E-state index in [9.17, 15) is 8.60 Å². The van der Waals surface area contributed by atoms with Crippen molar-refractivity contribution < 1.29 is 13.3 Å². The molecule has 0 bridgehead atoms. The SMILES string of the molecule is Nc1cc(F)cc(S(=O)C2CCOCC2)c1. The van der Waals surface area contributed by atoms with E-state index in [0.29, 0.717) is 23.8 Å². The van der Waals surface area contributed by atoms with Gasteiger partial charge in [-0.05, 0) is 31.0 Å². The van der Waals surface area contributed by atoms with E-state index in [-0.39, 0.29) is 5.25 Å². The van der Waals surface area contributed by atoms with Crippen LogP contribution in [0.4, 0.5) is 10.1 Å². The second kappa shape index (κ2) is 4.93. The van der Waals surface area contributed by atoms with Crippen LogP contribution in [0.1, 0.15) is 12.8 Å². The monoisotopic (exact) mass is 243 g/mol. The molecule has 0 aliphatic carbocycles. The minimum atomic E-state index is -1.19. The molecule has 3 nitrogen and oxygen atoms in total. The Bertz CT molecular complexity index is 385. The second-order valence-corrected chi connectivity index (χ2v) is 5.56. The van der Waals surface area contributed by atoms with Gasteiger partial charge in [0.25, 0.3) is 0 Å². The maximum Gasteiger partial charge on any atom is 0.126 e. The van der Waals surface area contributed by atoms with Crippen LogP contribution in [0.5, 0.6) is 0 Å². The van der Waals surface area contributed by atoms with Crippen molar-refractivity contribution in [3.8, 4) is 0 Å². The Morgan fingerprint density at radius 2 is 2.00 bits per heavy atom. The smallest absolute Gasteiger partial charge is 0.126 e. The predicted molar refractivity (Wildman–Crippen MR) is 61.1 cm³/mol. The van der Waals surface area contributed by atoms with Gasteiger partial charge in [-0.3, -0.25) is 4.21 Å². The molecule has 0 saturated carbocycles. The number of nitrogens with two attached hydrogens (primary N) is 1. The molecular formula is C11H14FNO2S. The van der Waals surface area contributed by atoms with Crippen molar-refractivity contribution in [1.82, 2.24) is 0 Å². The predicted octanol–water partition coefficient (Wildman–Crippen LogP) is 1.69. The highest BCUT2D eigenvalue weighted by atomic mass is 32.2. The zero-order valence-electron chi connectivity index (χ0n) is 8.82. The third kappa shape index (κ3) is 2.59. The van der Waals surface area contributed by atoms with E-state index in [1.165, 1.54) is 12.1 Å². The lowest BCUT2D eigenvalue weighted by Gasteiger charge is -2.21. The van der Waals surface area contributed by atoms with Crippen molar-refractivity contribution in [2.75, 3.05) is 18.9 Å². The number of nitrogen functional groups attached to an aromatic ring is 1. The Labute approximate surface area is 96.2 Å². The molecule has 88 valence electrons. The number of halogens is 1. The first kappa shape index (κ1) is 11.5. The van der Waals surface area contributed by atoms with E-state index < -0.39 is 16.6 Å². The van der Waals surface area contributed by atoms with Gasteiger partial charge in [-0.2, -0.15) is 0 Å². The third-order valence-electron chi connectivity index (χ3n) is 2.60. The molecule has 0 radical (unpaired) electrons. The summed E-state index contributed by atoms with van der Waals surface area (Å²) in [6.07, 6.45) is 1.51. The zero-order valence-corrected chi connectivity index (χ0v) is 9.63. The Kier molecular flexibility index (Phi) is 3.56. The summed E-state index contributed by atoms with van der Waals surface area (Å²) >= 11 is 0. The fraction of sp³-hybridized carbons (Fsp3) is 0.455. The topological polar surface area (TPSA) is 52.3 Å². The summed E-state index contributed by atoms with van der Waals surface area (Å²) in [5.74, 6) is -0.435. The van der Waals surface area contributed by atoms with Crippen LogP contribution in [0.2, 0.25) is 0 Å². The highest BCUT2D eigenvalue weighted by Crippen LogP contribution is 2.22. The first-order valence-corrected chi connectivity index (χ1v) is 6.42. The average molecular weight is 243 g/mol. The van der Waals surface area contributed by atoms with Crippen molar-refractivity contribution in [1.29, 1.82) is 0 Å². The van der Waals surface area contributed by atoms with Gasteiger partial charge in [0, 0.05) is 29.0 Å². The summed E-state index contributed by atoms with van der Waals surface area (Å²) in [5.41, 5.74) is 5.84. The minimum absolute atomic E-state index is 0.0509. The van der Waals surface area contributed by atoms with E-state index >= 15 is 0 Å². The largest absolute Gasteiger partial charge is 0.399 e. The molecule has 1 heterocycles. The van der Waals surface area contributed by atoms with E-state index in [0.717, 1.165) is 12.8 Å². The first-order valence-electron chi connectivity index (χ1n) is 5.21. The van der Waals surface area contributed by atoms with Gasteiger partial charge in [0.05, 0.1) is 10.8 Å². The van der Waals surface area contributed by atoms with Gasteiger partial charge < -0.3 is 10.5 Å². The molecule has 1 aromatic rings. The zero-order chi connectivity index (χ0) is 11.5. The lowest BCUT2D eigenvalue weighted by molar-refractivity contribution is 0.0992. The van der Waals surface area contributed by atoms with E-state index in [2.05, 4.69) is 0 Å². The van der Waals surface area contributed by atoms with Crippen molar-refractivity contribution in [3.63, 3.8) is 0 Å². The second-order valence-electron chi connectivity index (χ2n) is 3.83. The van der Waals surface area contributed by atoms with Crippen LogP contribution in [-0.2, 0) is 15.5 Å². The lowest BCUT2D eigenvalue weighted by atomic mass is 10.2. The molecule has 1 aliphatic rings. The Hall–Kier alpha value is -0.940. The van der Waals surface area contributed by atoms with E-state index in [4.69, 9.17) is 10.5 Å². The van der Waals surface area contributed by atoms with Crippen molar-refractivity contribution in [2.24, 2.45) is 0 Å². The highest BCUT2D eigenvalue weighted by molar-refractivity contribution is 7.85. The van der Waals surface area contributed by atoms with Gasteiger partial charge in [-0.25, -0.2) is 4.39 Å². The molecule has 2 N–H and O–H groups in total. The van der Waals surface area contributed by atoms with Gasteiger partial charge >= 0.3 is 0 Å². The lowest BCUT2D eigenvalue weighted by Crippen LogP contribution is -2.25. The average Bonchev–Trinajstić information content (AvgIpc) is 2.28. The van der Waals surface area contributed by atoms with Crippen molar-refractivity contribution >= 4 is 16.5 Å². The van der Waals surface area contributed by atoms with Crippen LogP contribution in [0.15, 0.2) is 23.1 Å². The number of hydrogen-bond acceptors (Lipinski definition) is 3. The molecule has 1 saturated heterocycles. The van der Waals surface area contributed by atoms with Crippen LogP contribution in [-0.4, -0.2) is 22.7 Å². The van der Waals surface area contributed by atoms with Crippen LogP contribution in [0, 0.1) is 5.82 Å². The van der Waals surface area contributed by atoms with Crippen LogP contribution in [0.3, 0.4) is 0 Å². The molecule has 1 unspecified atom stereocenters. The molecule has 5 heteroatoms. The van der Waals surface area contributed by atoms with Gasteiger partial charge in [0.15, 0.2) is 0 Å². The standard InChI is InChI=1S/C11H14FNO2S/c12-8-5-9(13)7-11(6-8)16(14)10-1-3-15-4-2-10/h5-7,10H,1-4,13H2. The molecule has 0 spiro atoms. The third-order valence-corrected chi connectivity index (χ3v) is 4.37. The summed E-state index contributed by atoms with van der Waals surface area (Å²) in [6, 6.07) is 4.10. The summed E-state index contributed by atoms with van der Waals surface area (Å²) in [6.45, 7) is 1.25. The van der Waals surface area contributed by atoms with Crippen molar-refractivity contribution in [2.45, 2.75) is 23.0 Å². The number of hydrogen-bond donors (Lipinski definition) is 1. The highest BCUT2D eigenvalue weighted by Gasteiger charge is 2.22. The fourth-order valence-corrected chi connectivity index (χ4v) is 3.27. The fourth-order valence-electron chi connectivity index (χ4n) is 1.78. The van der Waals surface area contributed by atoms with E-state index in [1.54, 1.807) is 6.07 Å². The number of benzene rings is 1.